The van der Waals surface area contributed by atoms with Crippen molar-refractivity contribution in [2.75, 3.05) is 4.90 Å². The summed E-state index contributed by atoms with van der Waals surface area (Å²) in [5.41, 5.74) is 25.2. The van der Waals surface area contributed by atoms with Crippen LogP contribution in [-0.2, 0) is 17.3 Å². The topological polar surface area (TPSA) is 3.24 Å². The first-order valence-electron chi connectivity index (χ1n) is 22.1. The fourth-order valence-electron chi connectivity index (χ4n) is 10.2. The largest absolute Gasteiger partial charge is 0.311 e. The highest BCUT2D eigenvalue weighted by Crippen LogP contribution is 2.50. The Morgan fingerprint density at radius 3 is 1.66 bits per heavy atom. The molecule has 8 aromatic carbocycles. The zero-order chi connectivity index (χ0) is 41.9. The maximum absolute atomic E-state index is 2.62. The normalized spacial score (nSPS) is 14.7. The molecule has 0 bridgehead atoms. The Bertz CT molecular complexity index is 2920. The van der Waals surface area contributed by atoms with Gasteiger partial charge in [0, 0.05) is 17.1 Å². The van der Waals surface area contributed by atoms with Gasteiger partial charge in [0.15, 0.2) is 7.28 Å². The summed E-state index contributed by atoms with van der Waals surface area (Å²) in [7, 11) is 0.851. The number of anilines is 3. The number of hydrogen-bond donors (Lipinski definition) is 0. The molecule has 0 N–H and O–H groups in total. The Kier molecular flexibility index (Phi) is 9.71. The van der Waals surface area contributed by atoms with E-state index in [1.54, 1.807) is 0 Å². The molecule has 0 saturated heterocycles. The third kappa shape index (κ3) is 7.23. The molecule has 8 aromatic rings. The van der Waals surface area contributed by atoms with E-state index in [1.165, 1.54) is 119 Å². The lowest BCUT2D eigenvalue weighted by Gasteiger charge is -2.44. The van der Waals surface area contributed by atoms with E-state index < -0.39 is 0 Å². The van der Waals surface area contributed by atoms with Gasteiger partial charge >= 0.3 is 0 Å². The number of fused-ring (bicyclic) bond motifs is 3. The van der Waals surface area contributed by atoms with Crippen LogP contribution in [0.5, 0.6) is 0 Å². The van der Waals surface area contributed by atoms with Gasteiger partial charge in [0.25, 0.3) is 0 Å². The van der Waals surface area contributed by atoms with Gasteiger partial charge in [-0.15, -0.1) is 0 Å². The Balaban J connectivity index is 1.19. The monoisotopic (exact) mass is 787 g/mol. The zero-order valence-electron chi connectivity index (χ0n) is 36.5. The maximum Gasteiger partial charge on any atom is 0.198 e. The number of nitrogens with zero attached hydrogens (tertiary/aromatic N) is 1. The second-order valence-electron chi connectivity index (χ2n) is 19.0. The van der Waals surface area contributed by atoms with E-state index in [2.05, 4.69) is 222 Å². The second-order valence-corrected chi connectivity index (χ2v) is 19.0. The fourth-order valence-corrected chi connectivity index (χ4v) is 10.2. The summed E-state index contributed by atoms with van der Waals surface area (Å²) in [6.07, 6.45) is 3.21. The van der Waals surface area contributed by atoms with Gasteiger partial charge in [-0.1, -0.05) is 191 Å². The van der Waals surface area contributed by atoms with Crippen molar-refractivity contribution in [2.45, 2.75) is 71.6 Å². The van der Waals surface area contributed by atoms with Crippen molar-refractivity contribution in [1.82, 2.24) is 0 Å². The van der Waals surface area contributed by atoms with Crippen molar-refractivity contribution in [2.24, 2.45) is 0 Å². The SMILES string of the molecule is Cc1cc(-c2ccc(-c3ccccc3)cc2Cc2cccc(-c3ccccc3)c2)c2c(c1)N(c1cc3c(cc1C)C(C)(C)CCC3(C)C)c1ccc(-c3ccccc3)cc1B2. The molecule has 0 unspecified atom stereocenters. The molecule has 298 valence electrons. The van der Waals surface area contributed by atoms with Crippen LogP contribution in [0.3, 0.4) is 0 Å². The zero-order valence-corrected chi connectivity index (χ0v) is 36.5. The van der Waals surface area contributed by atoms with Gasteiger partial charge in [0.2, 0.25) is 0 Å². The molecule has 2 heteroatoms. The van der Waals surface area contributed by atoms with Crippen molar-refractivity contribution in [1.29, 1.82) is 0 Å². The van der Waals surface area contributed by atoms with Crippen LogP contribution in [0.15, 0.2) is 176 Å². The van der Waals surface area contributed by atoms with Crippen molar-refractivity contribution >= 4 is 35.3 Å². The first-order chi connectivity index (χ1) is 29.5. The highest BCUT2D eigenvalue weighted by atomic mass is 15.2. The van der Waals surface area contributed by atoms with E-state index in [1.807, 2.05) is 0 Å². The first kappa shape index (κ1) is 38.8. The quantitative estimate of drug-likeness (QED) is 0.145. The molecule has 0 amide bonds. The summed E-state index contributed by atoms with van der Waals surface area (Å²) in [4.78, 5) is 2.62. The molecule has 0 fully saturated rings. The van der Waals surface area contributed by atoms with Crippen LogP contribution in [0, 0.1) is 13.8 Å². The minimum absolute atomic E-state index is 0.0941. The van der Waals surface area contributed by atoms with E-state index in [4.69, 9.17) is 0 Å². The molecule has 1 nitrogen and oxygen atoms in total. The van der Waals surface area contributed by atoms with Crippen LogP contribution in [0.1, 0.15) is 73.9 Å². The molecule has 10 rings (SSSR count). The Morgan fingerprint density at radius 2 is 1.02 bits per heavy atom. The molecule has 2 aliphatic rings. The maximum atomic E-state index is 2.62. The minimum atomic E-state index is 0.0941. The summed E-state index contributed by atoms with van der Waals surface area (Å²) in [6.45, 7) is 14.4. The molecule has 1 aliphatic heterocycles. The predicted molar refractivity (Wildman–Crippen MR) is 263 cm³/mol. The summed E-state index contributed by atoms with van der Waals surface area (Å²) in [5.74, 6) is 0. The standard InChI is InChI=1S/C59H54BN/c1-39-31-50(49-27-25-46(43-20-12-8-13-21-43)36-48(49)35-41-17-16-24-45(34-41)42-18-10-7-11-19-42)57-56(32-39)61(54-28-26-47(37-53(54)60-57)44-22-14-9-15-23-44)55-38-52-51(33-40(55)2)58(3,4)29-30-59(52,5)6/h7-28,31-34,36-38,60H,29-30,35H2,1-6H3. The summed E-state index contributed by atoms with van der Waals surface area (Å²) in [6, 6.07) is 65.9. The van der Waals surface area contributed by atoms with Crippen LogP contribution >= 0.6 is 0 Å². The molecule has 0 spiro atoms. The lowest BCUT2D eigenvalue weighted by atomic mass is 9.57. The van der Waals surface area contributed by atoms with Gasteiger partial charge in [-0.25, -0.2) is 0 Å². The number of hydrogen-bond acceptors (Lipinski definition) is 1. The van der Waals surface area contributed by atoms with Crippen LogP contribution in [0.4, 0.5) is 17.1 Å². The van der Waals surface area contributed by atoms with Gasteiger partial charge in [-0.05, 0) is 145 Å². The molecular formula is C59H54BN. The van der Waals surface area contributed by atoms with Crippen molar-refractivity contribution in [3.8, 4) is 44.5 Å². The van der Waals surface area contributed by atoms with Gasteiger partial charge in [0.05, 0.1) is 0 Å². The highest BCUT2D eigenvalue weighted by Gasteiger charge is 2.39. The van der Waals surface area contributed by atoms with Crippen LogP contribution in [0.25, 0.3) is 44.5 Å². The van der Waals surface area contributed by atoms with E-state index in [9.17, 15) is 0 Å². The van der Waals surface area contributed by atoms with Gasteiger partial charge in [-0.2, -0.15) is 0 Å². The van der Waals surface area contributed by atoms with Gasteiger partial charge in [0.1, 0.15) is 0 Å². The Labute approximate surface area is 364 Å². The van der Waals surface area contributed by atoms with Crippen molar-refractivity contribution in [3.05, 3.63) is 209 Å². The van der Waals surface area contributed by atoms with Crippen LogP contribution < -0.4 is 15.8 Å². The van der Waals surface area contributed by atoms with Crippen LogP contribution in [-0.4, -0.2) is 7.28 Å². The molecule has 1 heterocycles. The average Bonchev–Trinajstić information content (AvgIpc) is 3.28. The average molecular weight is 788 g/mol. The van der Waals surface area contributed by atoms with E-state index in [-0.39, 0.29) is 10.8 Å². The van der Waals surface area contributed by atoms with E-state index in [0.29, 0.717) is 0 Å². The Morgan fingerprint density at radius 1 is 0.459 bits per heavy atom. The summed E-state index contributed by atoms with van der Waals surface area (Å²) in [5, 5.41) is 0. The van der Waals surface area contributed by atoms with Crippen LogP contribution in [0.2, 0.25) is 0 Å². The molecule has 0 atom stereocenters. The van der Waals surface area contributed by atoms with E-state index >= 15 is 0 Å². The van der Waals surface area contributed by atoms with Crippen molar-refractivity contribution < 1.29 is 0 Å². The van der Waals surface area contributed by atoms with Crippen molar-refractivity contribution in [3.63, 3.8) is 0 Å². The van der Waals surface area contributed by atoms with Gasteiger partial charge < -0.3 is 4.90 Å². The smallest absolute Gasteiger partial charge is 0.198 e. The fraction of sp³-hybridized carbons (Fsp3) is 0.186. The molecular weight excluding hydrogens is 733 g/mol. The number of aryl methyl sites for hydroxylation is 2. The lowest BCUT2D eigenvalue weighted by molar-refractivity contribution is 0.332. The molecule has 0 aromatic heterocycles. The first-order valence-corrected chi connectivity index (χ1v) is 22.1. The summed E-state index contributed by atoms with van der Waals surface area (Å²) >= 11 is 0. The molecule has 1 aliphatic carbocycles. The molecule has 0 radical (unpaired) electrons. The minimum Gasteiger partial charge on any atom is -0.311 e. The third-order valence-electron chi connectivity index (χ3n) is 13.7. The molecule has 0 saturated carbocycles. The summed E-state index contributed by atoms with van der Waals surface area (Å²) < 4.78 is 0. The highest BCUT2D eigenvalue weighted by molar-refractivity contribution is 6.73. The van der Waals surface area contributed by atoms with E-state index in [0.717, 1.165) is 13.7 Å². The second kappa shape index (κ2) is 15.3. The third-order valence-corrected chi connectivity index (χ3v) is 13.7. The lowest BCUT2D eigenvalue weighted by Crippen LogP contribution is -2.41. The predicted octanol–water partition coefficient (Wildman–Crippen LogP) is 14.1. The molecule has 61 heavy (non-hydrogen) atoms. The number of benzene rings is 8. The number of rotatable bonds is 7. The van der Waals surface area contributed by atoms with Gasteiger partial charge in [-0.3, -0.25) is 0 Å². The Hall–Kier alpha value is -6.38.